The molecule has 1 unspecified atom stereocenters. The molecule has 0 saturated heterocycles. The van der Waals surface area contributed by atoms with Crippen LogP contribution in [0, 0.1) is 18.8 Å². The number of nitrogens with one attached hydrogen (secondary N) is 1. The number of methoxy groups -OCH3 is 2. The fraction of sp³-hybridized carbons (Fsp3) is 0.647. The summed E-state index contributed by atoms with van der Waals surface area (Å²) in [7, 11) is 3.48. The highest BCUT2D eigenvalue weighted by molar-refractivity contribution is 5.37. The van der Waals surface area contributed by atoms with Crippen LogP contribution in [0.15, 0.2) is 18.2 Å². The van der Waals surface area contributed by atoms with Crippen LogP contribution in [0.2, 0.25) is 0 Å². The molecule has 0 aliphatic heterocycles. The molecule has 0 fully saturated rings. The highest BCUT2D eigenvalue weighted by atomic mass is 16.5. The predicted octanol–water partition coefficient (Wildman–Crippen LogP) is 3.05. The monoisotopic (exact) mass is 279 g/mol. The molecule has 0 amide bonds. The van der Waals surface area contributed by atoms with Gasteiger partial charge in [-0.15, -0.1) is 0 Å². The van der Waals surface area contributed by atoms with E-state index in [0.29, 0.717) is 11.8 Å². The highest BCUT2D eigenvalue weighted by Crippen LogP contribution is 2.25. The molecule has 3 heteroatoms. The van der Waals surface area contributed by atoms with Crippen LogP contribution in [0.3, 0.4) is 0 Å². The zero-order chi connectivity index (χ0) is 15.0. The number of aryl methyl sites for hydroxylation is 1. The Bertz CT molecular complexity index is 391. The van der Waals surface area contributed by atoms with E-state index in [1.807, 2.05) is 0 Å². The first kappa shape index (κ1) is 17.0. The average Bonchev–Trinajstić information content (AvgIpc) is 2.42. The Kier molecular flexibility index (Phi) is 7.63. The first-order valence-corrected chi connectivity index (χ1v) is 7.41. The normalized spacial score (nSPS) is 12.7. The van der Waals surface area contributed by atoms with Crippen molar-refractivity contribution in [3.8, 4) is 5.75 Å². The van der Waals surface area contributed by atoms with Crippen molar-refractivity contribution < 1.29 is 9.47 Å². The topological polar surface area (TPSA) is 30.5 Å². The summed E-state index contributed by atoms with van der Waals surface area (Å²) >= 11 is 0. The Balaban J connectivity index is 2.67. The Morgan fingerprint density at radius 1 is 1.20 bits per heavy atom. The third kappa shape index (κ3) is 5.51. The number of rotatable bonds is 9. The highest BCUT2D eigenvalue weighted by Gasteiger charge is 2.16. The van der Waals surface area contributed by atoms with Crippen molar-refractivity contribution in [3.63, 3.8) is 0 Å². The number of ether oxygens (including phenoxy) is 2. The minimum absolute atomic E-state index is 0.600. The Morgan fingerprint density at radius 3 is 2.55 bits per heavy atom. The van der Waals surface area contributed by atoms with Crippen LogP contribution in [0.4, 0.5) is 0 Å². The van der Waals surface area contributed by atoms with Crippen LogP contribution in [0.5, 0.6) is 5.75 Å². The van der Waals surface area contributed by atoms with E-state index in [4.69, 9.17) is 9.47 Å². The smallest absolute Gasteiger partial charge is 0.122 e. The van der Waals surface area contributed by atoms with E-state index >= 15 is 0 Å². The molecular formula is C17H29NO2. The van der Waals surface area contributed by atoms with Crippen molar-refractivity contribution in [2.45, 2.75) is 27.2 Å². The molecule has 0 radical (unpaired) electrons. The van der Waals surface area contributed by atoms with Gasteiger partial charge in [0.25, 0.3) is 0 Å². The average molecular weight is 279 g/mol. The van der Waals surface area contributed by atoms with Crippen LogP contribution < -0.4 is 10.1 Å². The second-order valence-corrected chi connectivity index (χ2v) is 5.72. The molecule has 0 bridgehead atoms. The van der Waals surface area contributed by atoms with Crippen molar-refractivity contribution in [2.75, 3.05) is 33.9 Å². The summed E-state index contributed by atoms with van der Waals surface area (Å²) in [6.07, 6.45) is 1.04. The third-order valence-corrected chi connectivity index (χ3v) is 3.75. The van der Waals surface area contributed by atoms with E-state index in [1.54, 1.807) is 14.2 Å². The molecule has 0 saturated carbocycles. The lowest BCUT2D eigenvalue weighted by molar-refractivity contribution is 0.196. The number of benzene rings is 1. The van der Waals surface area contributed by atoms with Gasteiger partial charge in [-0.25, -0.2) is 0 Å². The molecule has 20 heavy (non-hydrogen) atoms. The maximum absolute atomic E-state index is 5.48. The standard InChI is InChI=1S/C17H29NO2/c1-13(2)16(12-18-8-9-19-4)11-15-10-14(3)6-7-17(15)20-5/h6-7,10,13,16,18H,8-9,11-12H2,1-5H3. The lowest BCUT2D eigenvalue weighted by Crippen LogP contribution is -2.30. The maximum atomic E-state index is 5.48. The Hall–Kier alpha value is -1.06. The number of hydrogen-bond acceptors (Lipinski definition) is 3. The first-order valence-electron chi connectivity index (χ1n) is 7.41. The van der Waals surface area contributed by atoms with Gasteiger partial charge in [0.1, 0.15) is 5.75 Å². The molecule has 3 nitrogen and oxygen atoms in total. The van der Waals surface area contributed by atoms with Gasteiger partial charge in [0.05, 0.1) is 13.7 Å². The van der Waals surface area contributed by atoms with E-state index in [2.05, 4.69) is 44.3 Å². The fourth-order valence-electron chi connectivity index (χ4n) is 2.35. The zero-order valence-electron chi connectivity index (χ0n) is 13.5. The molecule has 1 rings (SSSR count). The molecule has 0 aliphatic carbocycles. The Morgan fingerprint density at radius 2 is 1.95 bits per heavy atom. The summed E-state index contributed by atoms with van der Waals surface area (Å²) in [5.74, 6) is 2.23. The summed E-state index contributed by atoms with van der Waals surface area (Å²) in [5, 5.41) is 3.47. The Labute approximate surface area is 123 Å². The van der Waals surface area contributed by atoms with Gasteiger partial charge >= 0.3 is 0 Å². The third-order valence-electron chi connectivity index (χ3n) is 3.75. The van der Waals surface area contributed by atoms with E-state index in [0.717, 1.165) is 31.9 Å². The number of hydrogen-bond donors (Lipinski definition) is 1. The molecule has 1 N–H and O–H groups in total. The lowest BCUT2D eigenvalue weighted by Gasteiger charge is -2.23. The predicted molar refractivity (Wildman–Crippen MR) is 84.5 cm³/mol. The minimum Gasteiger partial charge on any atom is -0.496 e. The molecule has 114 valence electrons. The second-order valence-electron chi connectivity index (χ2n) is 5.72. The van der Waals surface area contributed by atoms with Gasteiger partial charge < -0.3 is 14.8 Å². The maximum Gasteiger partial charge on any atom is 0.122 e. The molecule has 0 aliphatic rings. The lowest BCUT2D eigenvalue weighted by atomic mass is 9.88. The van der Waals surface area contributed by atoms with Crippen molar-refractivity contribution in [1.29, 1.82) is 0 Å². The minimum atomic E-state index is 0.600. The molecule has 1 atom stereocenters. The summed E-state index contributed by atoms with van der Waals surface area (Å²) in [6, 6.07) is 6.41. The summed E-state index contributed by atoms with van der Waals surface area (Å²) in [6.45, 7) is 9.38. The van der Waals surface area contributed by atoms with Crippen LogP contribution in [0.25, 0.3) is 0 Å². The van der Waals surface area contributed by atoms with Crippen molar-refractivity contribution in [2.24, 2.45) is 11.8 Å². The molecule has 0 aromatic heterocycles. The quantitative estimate of drug-likeness (QED) is 0.705. The van der Waals surface area contributed by atoms with Crippen molar-refractivity contribution in [3.05, 3.63) is 29.3 Å². The van der Waals surface area contributed by atoms with Gasteiger partial charge in [-0.05, 0) is 43.4 Å². The van der Waals surface area contributed by atoms with Gasteiger partial charge in [0.2, 0.25) is 0 Å². The van der Waals surface area contributed by atoms with Crippen LogP contribution in [0.1, 0.15) is 25.0 Å². The second kappa shape index (κ2) is 8.98. The molecule has 1 aromatic carbocycles. The van der Waals surface area contributed by atoms with Crippen LogP contribution >= 0.6 is 0 Å². The largest absolute Gasteiger partial charge is 0.496 e. The molecule has 0 spiro atoms. The van der Waals surface area contributed by atoms with Gasteiger partial charge in [0, 0.05) is 13.7 Å². The summed E-state index contributed by atoms with van der Waals surface area (Å²) in [4.78, 5) is 0. The molecular weight excluding hydrogens is 250 g/mol. The van der Waals surface area contributed by atoms with Crippen LogP contribution in [-0.4, -0.2) is 33.9 Å². The van der Waals surface area contributed by atoms with Crippen molar-refractivity contribution in [1.82, 2.24) is 5.32 Å². The molecule has 0 heterocycles. The zero-order valence-corrected chi connectivity index (χ0v) is 13.5. The van der Waals surface area contributed by atoms with E-state index in [1.165, 1.54) is 11.1 Å². The fourth-order valence-corrected chi connectivity index (χ4v) is 2.35. The SMILES string of the molecule is COCCNCC(Cc1cc(C)ccc1OC)C(C)C. The van der Waals surface area contributed by atoms with E-state index in [-0.39, 0.29) is 0 Å². The van der Waals surface area contributed by atoms with Crippen molar-refractivity contribution >= 4 is 0 Å². The van der Waals surface area contributed by atoms with E-state index in [9.17, 15) is 0 Å². The van der Waals surface area contributed by atoms with Gasteiger partial charge in [-0.3, -0.25) is 0 Å². The summed E-state index contributed by atoms with van der Waals surface area (Å²) < 4.78 is 10.6. The first-order chi connectivity index (χ1) is 9.58. The molecule has 1 aromatic rings. The van der Waals surface area contributed by atoms with Gasteiger partial charge in [0.15, 0.2) is 0 Å². The van der Waals surface area contributed by atoms with Crippen LogP contribution in [-0.2, 0) is 11.2 Å². The van der Waals surface area contributed by atoms with Gasteiger partial charge in [-0.2, -0.15) is 0 Å². The van der Waals surface area contributed by atoms with Gasteiger partial charge in [-0.1, -0.05) is 31.5 Å². The van der Waals surface area contributed by atoms with E-state index < -0.39 is 0 Å². The summed E-state index contributed by atoms with van der Waals surface area (Å²) in [5.41, 5.74) is 2.59.